The normalized spacial score (nSPS) is 14.8. The lowest BCUT2D eigenvalue weighted by molar-refractivity contribution is 0.763. The van der Waals surface area contributed by atoms with Gasteiger partial charge < -0.3 is 11.1 Å². The second kappa shape index (κ2) is 2.45. The van der Waals surface area contributed by atoms with E-state index in [9.17, 15) is 0 Å². The van der Waals surface area contributed by atoms with E-state index in [1.807, 2.05) is 6.92 Å². The second-order valence-electron chi connectivity index (χ2n) is 3.27. The van der Waals surface area contributed by atoms with Gasteiger partial charge in [0.05, 0.1) is 0 Å². The average Bonchev–Trinajstić information content (AvgIpc) is 2.48. The van der Waals surface area contributed by atoms with Crippen LogP contribution in [0.3, 0.4) is 0 Å². The Hall–Kier alpha value is -1.09. The summed E-state index contributed by atoms with van der Waals surface area (Å²) in [6.45, 7) is 5.92. The molecule has 1 aliphatic rings. The van der Waals surface area contributed by atoms with E-state index in [2.05, 4.69) is 17.2 Å². The number of hydrogen-bond acceptors (Lipinski definition) is 3. The molecule has 1 aliphatic heterocycles. The third kappa shape index (κ3) is 0.898. The van der Waals surface area contributed by atoms with Crippen LogP contribution in [0.15, 0.2) is 0 Å². The van der Waals surface area contributed by atoms with Crippen molar-refractivity contribution in [1.29, 1.82) is 0 Å². The summed E-state index contributed by atoms with van der Waals surface area (Å²) in [5.41, 5.74) is 10.7. The molecule has 2 heterocycles. The van der Waals surface area contributed by atoms with Crippen molar-refractivity contribution < 1.29 is 0 Å². The van der Waals surface area contributed by atoms with Crippen molar-refractivity contribution in [3.8, 4) is 0 Å². The highest BCUT2D eigenvalue weighted by Crippen LogP contribution is 2.24. The molecule has 3 N–H and O–H groups in total. The molecule has 0 atom stereocenters. The molecule has 0 unspecified atom stereocenters. The first-order valence-corrected chi connectivity index (χ1v) is 4.15. The van der Waals surface area contributed by atoms with Gasteiger partial charge in [0, 0.05) is 24.3 Å². The number of hydrogen-bond donors (Lipinski definition) is 2. The van der Waals surface area contributed by atoms with Crippen molar-refractivity contribution in [2.75, 3.05) is 5.73 Å². The number of nitrogen functional groups attached to an aromatic ring is 1. The van der Waals surface area contributed by atoms with Crippen LogP contribution in [0, 0.1) is 13.8 Å². The van der Waals surface area contributed by atoms with Gasteiger partial charge in [-0.1, -0.05) is 0 Å². The Labute approximate surface area is 72.0 Å². The molecule has 3 nitrogen and oxygen atoms in total. The van der Waals surface area contributed by atoms with E-state index in [0.29, 0.717) is 5.82 Å². The molecule has 0 amide bonds. The Balaban J connectivity index is 2.69. The lowest BCUT2D eigenvalue weighted by Crippen LogP contribution is -2.02. The molecule has 3 heteroatoms. The molecule has 64 valence electrons. The highest BCUT2D eigenvalue weighted by Gasteiger charge is 2.17. The van der Waals surface area contributed by atoms with Gasteiger partial charge in [-0.3, -0.25) is 0 Å². The van der Waals surface area contributed by atoms with Crippen molar-refractivity contribution in [3.05, 3.63) is 22.4 Å². The van der Waals surface area contributed by atoms with E-state index in [1.165, 1.54) is 16.7 Å². The third-order valence-corrected chi connectivity index (χ3v) is 2.56. The number of nitrogens with one attached hydrogen (secondary N) is 1. The van der Waals surface area contributed by atoms with E-state index in [0.717, 1.165) is 18.8 Å². The van der Waals surface area contributed by atoms with Gasteiger partial charge in [0.15, 0.2) is 0 Å². The first-order valence-electron chi connectivity index (χ1n) is 4.15. The van der Waals surface area contributed by atoms with Crippen molar-refractivity contribution in [3.63, 3.8) is 0 Å². The maximum atomic E-state index is 5.79. The Kier molecular flexibility index (Phi) is 1.54. The van der Waals surface area contributed by atoms with E-state index in [-0.39, 0.29) is 0 Å². The van der Waals surface area contributed by atoms with Crippen LogP contribution >= 0.6 is 0 Å². The van der Waals surface area contributed by atoms with Crippen LogP contribution in [0.4, 0.5) is 5.82 Å². The fourth-order valence-corrected chi connectivity index (χ4v) is 1.68. The summed E-state index contributed by atoms with van der Waals surface area (Å²) in [5.74, 6) is 0.693. The van der Waals surface area contributed by atoms with Gasteiger partial charge >= 0.3 is 0 Å². The summed E-state index contributed by atoms with van der Waals surface area (Å²) in [4.78, 5) is 4.28. The topological polar surface area (TPSA) is 50.9 Å². The minimum Gasteiger partial charge on any atom is -0.383 e. The number of aromatic nitrogens is 1. The monoisotopic (exact) mass is 163 g/mol. The molecule has 0 saturated carbocycles. The molecule has 1 aromatic rings. The number of fused-ring (bicyclic) bond motifs is 1. The van der Waals surface area contributed by atoms with Crippen molar-refractivity contribution in [2.45, 2.75) is 26.9 Å². The van der Waals surface area contributed by atoms with Gasteiger partial charge in [-0.2, -0.15) is 0 Å². The van der Waals surface area contributed by atoms with Gasteiger partial charge in [-0.15, -0.1) is 0 Å². The predicted octanol–water partition coefficient (Wildman–Crippen LogP) is 0.884. The number of rotatable bonds is 0. The first-order chi connectivity index (χ1) is 5.70. The Bertz CT molecular complexity index is 331. The summed E-state index contributed by atoms with van der Waals surface area (Å²) in [6.07, 6.45) is 0. The molecule has 0 radical (unpaired) electrons. The molecular weight excluding hydrogens is 150 g/mol. The van der Waals surface area contributed by atoms with Gasteiger partial charge in [-0.05, 0) is 25.0 Å². The zero-order valence-corrected chi connectivity index (χ0v) is 7.44. The fraction of sp³-hybridized carbons (Fsp3) is 0.444. The van der Waals surface area contributed by atoms with Crippen LogP contribution < -0.4 is 11.1 Å². The highest BCUT2D eigenvalue weighted by molar-refractivity contribution is 5.51. The first kappa shape index (κ1) is 7.55. The molecule has 0 bridgehead atoms. The van der Waals surface area contributed by atoms with E-state index < -0.39 is 0 Å². The van der Waals surface area contributed by atoms with Crippen molar-refractivity contribution in [2.24, 2.45) is 0 Å². The molecule has 0 spiro atoms. The SMILES string of the molecule is Cc1nc(N)c2c(c1C)CNC2. The predicted molar refractivity (Wildman–Crippen MR) is 48.7 cm³/mol. The Morgan fingerprint density at radius 3 is 2.67 bits per heavy atom. The molecule has 12 heavy (non-hydrogen) atoms. The molecule has 1 aromatic heterocycles. The maximum absolute atomic E-state index is 5.79. The number of aryl methyl sites for hydroxylation is 1. The third-order valence-electron chi connectivity index (χ3n) is 2.56. The summed E-state index contributed by atoms with van der Waals surface area (Å²) >= 11 is 0. The number of nitrogens with two attached hydrogens (primary N) is 1. The van der Waals surface area contributed by atoms with E-state index >= 15 is 0 Å². The minimum atomic E-state index is 0.693. The molecule has 0 aromatic carbocycles. The lowest BCUT2D eigenvalue weighted by Gasteiger charge is -2.08. The maximum Gasteiger partial charge on any atom is 0.128 e. The number of nitrogens with zero attached hydrogens (tertiary/aromatic N) is 1. The zero-order valence-electron chi connectivity index (χ0n) is 7.44. The molecular formula is C9H13N3. The average molecular weight is 163 g/mol. The summed E-state index contributed by atoms with van der Waals surface area (Å²) in [5, 5.41) is 3.28. The van der Waals surface area contributed by atoms with Crippen LogP contribution in [0.1, 0.15) is 22.4 Å². The number of anilines is 1. The van der Waals surface area contributed by atoms with Gasteiger partial charge in [0.25, 0.3) is 0 Å². The molecule has 0 aliphatic carbocycles. The van der Waals surface area contributed by atoms with Crippen molar-refractivity contribution >= 4 is 5.82 Å². The zero-order chi connectivity index (χ0) is 8.72. The van der Waals surface area contributed by atoms with Gasteiger partial charge in [0.1, 0.15) is 5.82 Å². The Morgan fingerprint density at radius 1 is 1.25 bits per heavy atom. The smallest absolute Gasteiger partial charge is 0.128 e. The highest BCUT2D eigenvalue weighted by atomic mass is 14.9. The van der Waals surface area contributed by atoms with Crippen LogP contribution in [0.25, 0.3) is 0 Å². The molecule has 0 fully saturated rings. The summed E-state index contributed by atoms with van der Waals surface area (Å²) < 4.78 is 0. The van der Waals surface area contributed by atoms with Crippen LogP contribution in [-0.4, -0.2) is 4.98 Å². The van der Waals surface area contributed by atoms with Crippen molar-refractivity contribution in [1.82, 2.24) is 10.3 Å². The Morgan fingerprint density at radius 2 is 1.92 bits per heavy atom. The quantitative estimate of drug-likeness (QED) is 0.597. The molecule has 0 saturated heterocycles. The van der Waals surface area contributed by atoms with Gasteiger partial charge in [0.2, 0.25) is 0 Å². The number of pyridine rings is 1. The standard InChI is InChI=1S/C9H13N3/c1-5-6(2)12-9(10)8-4-11-3-7(5)8/h11H,3-4H2,1-2H3,(H2,10,12). The summed E-state index contributed by atoms with van der Waals surface area (Å²) in [6, 6.07) is 0. The largest absolute Gasteiger partial charge is 0.383 e. The van der Waals surface area contributed by atoms with Crippen LogP contribution in [0.2, 0.25) is 0 Å². The second-order valence-corrected chi connectivity index (χ2v) is 3.27. The lowest BCUT2D eigenvalue weighted by atomic mass is 10.0. The fourth-order valence-electron chi connectivity index (χ4n) is 1.68. The molecule has 2 rings (SSSR count). The van der Waals surface area contributed by atoms with Gasteiger partial charge in [-0.25, -0.2) is 4.98 Å². The minimum absolute atomic E-state index is 0.693. The summed E-state index contributed by atoms with van der Waals surface area (Å²) in [7, 11) is 0. The van der Waals surface area contributed by atoms with E-state index in [4.69, 9.17) is 5.73 Å². The van der Waals surface area contributed by atoms with E-state index in [1.54, 1.807) is 0 Å². The van der Waals surface area contributed by atoms with Crippen LogP contribution in [0.5, 0.6) is 0 Å². The van der Waals surface area contributed by atoms with Crippen LogP contribution in [-0.2, 0) is 13.1 Å².